The largest absolute Gasteiger partial charge is 0.393 e. The molecule has 31 heavy (non-hydrogen) atoms. The molecule has 1 aliphatic heterocycles. The molecule has 1 saturated heterocycles. The molecular weight excluding hydrogens is 528 g/mol. The van der Waals surface area contributed by atoms with Crippen LogP contribution in [0.5, 0.6) is 0 Å². The average molecular weight is 562 g/mol. The highest BCUT2D eigenvalue weighted by Gasteiger charge is 2.19. The second-order valence-electron chi connectivity index (χ2n) is 7.63. The standard InChI is InChI=1S/C22H32FN5OS.HI/c1-4-24-22(25-10-7-21-27-15(2)16(3)30-21)26-14-17-5-6-20(19(23)13-17)28-11-8-18(29)9-12-28;/h5-6,13,18,29H,4,7-12,14H2,1-3H3,(H2,24,25,26);1H. The molecule has 6 nitrogen and oxygen atoms in total. The molecule has 2 aromatic rings. The molecule has 1 aromatic heterocycles. The molecule has 1 aromatic carbocycles. The first-order valence-electron chi connectivity index (χ1n) is 10.6. The first-order chi connectivity index (χ1) is 14.5. The highest BCUT2D eigenvalue weighted by Crippen LogP contribution is 2.24. The SMILES string of the molecule is CCNC(=NCc1ccc(N2CCC(O)CC2)c(F)c1)NCCc1nc(C)c(C)s1.I. The Morgan fingerprint density at radius 1 is 1.29 bits per heavy atom. The Kier molecular flexibility index (Phi) is 10.4. The number of aliphatic hydroxyl groups excluding tert-OH is 1. The molecule has 3 N–H and O–H groups in total. The molecule has 9 heteroatoms. The summed E-state index contributed by atoms with van der Waals surface area (Å²) in [7, 11) is 0. The fourth-order valence-electron chi connectivity index (χ4n) is 3.46. The Balaban J connectivity index is 0.00000341. The minimum absolute atomic E-state index is 0. The number of nitrogens with zero attached hydrogens (tertiary/aromatic N) is 3. The van der Waals surface area contributed by atoms with E-state index < -0.39 is 0 Å². The predicted molar refractivity (Wildman–Crippen MR) is 137 cm³/mol. The van der Waals surface area contributed by atoms with Gasteiger partial charge in [0.2, 0.25) is 0 Å². The third kappa shape index (κ3) is 7.57. The van der Waals surface area contributed by atoms with Gasteiger partial charge in [0.05, 0.1) is 29.0 Å². The summed E-state index contributed by atoms with van der Waals surface area (Å²) in [5.41, 5.74) is 2.53. The quantitative estimate of drug-likeness (QED) is 0.273. The Morgan fingerprint density at radius 3 is 2.65 bits per heavy atom. The molecule has 0 atom stereocenters. The van der Waals surface area contributed by atoms with Gasteiger partial charge < -0.3 is 20.6 Å². The summed E-state index contributed by atoms with van der Waals surface area (Å²) in [6, 6.07) is 5.32. The van der Waals surface area contributed by atoms with E-state index >= 15 is 0 Å². The summed E-state index contributed by atoms with van der Waals surface area (Å²) < 4.78 is 14.6. The van der Waals surface area contributed by atoms with Crippen LogP contribution in [0, 0.1) is 19.7 Å². The number of thiazole rings is 1. The number of aliphatic imine (C=N–C) groups is 1. The number of nitrogens with one attached hydrogen (secondary N) is 2. The number of guanidine groups is 1. The molecule has 0 saturated carbocycles. The van der Waals surface area contributed by atoms with Crippen molar-refractivity contribution in [2.75, 3.05) is 31.1 Å². The van der Waals surface area contributed by atoms with E-state index in [1.165, 1.54) is 4.88 Å². The van der Waals surface area contributed by atoms with Crippen molar-refractivity contribution in [1.82, 2.24) is 15.6 Å². The zero-order valence-electron chi connectivity index (χ0n) is 18.4. The molecule has 2 heterocycles. The summed E-state index contributed by atoms with van der Waals surface area (Å²) in [5.74, 6) is 0.489. The Labute approximate surface area is 205 Å². The number of aryl methyl sites for hydroxylation is 2. The zero-order valence-corrected chi connectivity index (χ0v) is 21.6. The molecule has 0 bridgehead atoms. The second-order valence-corrected chi connectivity index (χ2v) is 8.91. The van der Waals surface area contributed by atoms with Crippen molar-refractivity contribution in [2.45, 2.75) is 52.7 Å². The first kappa shape index (κ1) is 25.8. The van der Waals surface area contributed by atoms with Gasteiger partial charge in [-0.05, 0) is 51.3 Å². The van der Waals surface area contributed by atoms with Crippen LogP contribution in [0.2, 0.25) is 0 Å². The third-order valence-electron chi connectivity index (χ3n) is 5.29. The lowest BCUT2D eigenvalue weighted by Crippen LogP contribution is -2.38. The lowest BCUT2D eigenvalue weighted by Gasteiger charge is -2.31. The minimum Gasteiger partial charge on any atom is -0.393 e. The fraction of sp³-hybridized carbons (Fsp3) is 0.545. The van der Waals surface area contributed by atoms with Crippen molar-refractivity contribution in [1.29, 1.82) is 0 Å². The van der Waals surface area contributed by atoms with Crippen molar-refractivity contribution in [3.63, 3.8) is 0 Å². The van der Waals surface area contributed by atoms with Gasteiger partial charge in [0.25, 0.3) is 0 Å². The summed E-state index contributed by atoms with van der Waals surface area (Å²) in [6.45, 7) is 9.42. The molecule has 0 aliphatic carbocycles. The van der Waals surface area contributed by atoms with E-state index in [9.17, 15) is 9.50 Å². The third-order valence-corrected chi connectivity index (χ3v) is 6.42. The van der Waals surface area contributed by atoms with Crippen molar-refractivity contribution in [3.05, 3.63) is 45.2 Å². The molecular formula is C22H33FIN5OS. The maximum absolute atomic E-state index is 14.6. The number of halogens is 2. The van der Waals surface area contributed by atoms with Crippen LogP contribution in [0.25, 0.3) is 0 Å². The average Bonchev–Trinajstić information content (AvgIpc) is 3.04. The van der Waals surface area contributed by atoms with E-state index in [2.05, 4.69) is 27.5 Å². The van der Waals surface area contributed by atoms with E-state index in [0.717, 1.165) is 41.7 Å². The van der Waals surface area contributed by atoms with Crippen molar-refractivity contribution in [2.24, 2.45) is 4.99 Å². The van der Waals surface area contributed by atoms with E-state index in [-0.39, 0.29) is 35.9 Å². The Bertz CT molecular complexity index is 848. The zero-order chi connectivity index (χ0) is 21.5. The van der Waals surface area contributed by atoms with Crippen LogP contribution >= 0.6 is 35.3 Å². The van der Waals surface area contributed by atoms with Gasteiger partial charge in [-0.15, -0.1) is 35.3 Å². The van der Waals surface area contributed by atoms with Crippen molar-refractivity contribution in [3.8, 4) is 0 Å². The van der Waals surface area contributed by atoms with E-state index in [0.29, 0.717) is 38.2 Å². The number of benzene rings is 1. The lowest BCUT2D eigenvalue weighted by molar-refractivity contribution is 0.145. The topological polar surface area (TPSA) is 72.8 Å². The van der Waals surface area contributed by atoms with Gasteiger partial charge in [0, 0.05) is 37.5 Å². The summed E-state index contributed by atoms with van der Waals surface area (Å²) in [4.78, 5) is 12.4. The van der Waals surface area contributed by atoms with E-state index in [1.54, 1.807) is 17.4 Å². The number of hydrogen-bond acceptors (Lipinski definition) is 5. The number of piperidine rings is 1. The highest BCUT2D eigenvalue weighted by atomic mass is 127. The van der Waals surface area contributed by atoms with Crippen LogP contribution in [0.3, 0.4) is 0 Å². The molecule has 0 spiro atoms. The number of aliphatic hydroxyl groups is 1. The van der Waals surface area contributed by atoms with Gasteiger partial charge in [-0.3, -0.25) is 0 Å². The van der Waals surface area contributed by atoms with Crippen LogP contribution in [0.15, 0.2) is 23.2 Å². The van der Waals surface area contributed by atoms with Crippen molar-refractivity contribution >= 4 is 47.0 Å². The van der Waals surface area contributed by atoms with Crippen LogP contribution in [-0.2, 0) is 13.0 Å². The predicted octanol–water partition coefficient (Wildman–Crippen LogP) is 3.78. The molecule has 0 radical (unpaired) electrons. The van der Waals surface area contributed by atoms with E-state index in [4.69, 9.17) is 0 Å². The Hall–Kier alpha value is -1.46. The van der Waals surface area contributed by atoms with Gasteiger partial charge in [0.15, 0.2) is 5.96 Å². The maximum atomic E-state index is 14.6. The second kappa shape index (κ2) is 12.5. The van der Waals surface area contributed by atoms with Crippen LogP contribution in [0.1, 0.15) is 40.9 Å². The molecule has 0 amide bonds. The minimum atomic E-state index is -0.265. The van der Waals surface area contributed by atoms with E-state index in [1.807, 2.05) is 30.9 Å². The molecule has 3 rings (SSSR count). The number of rotatable bonds is 7. The maximum Gasteiger partial charge on any atom is 0.191 e. The van der Waals surface area contributed by atoms with Crippen LogP contribution in [0.4, 0.5) is 10.1 Å². The van der Waals surface area contributed by atoms with Gasteiger partial charge in [0.1, 0.15) is 5.82 Å². The normalized spacial score (nSPS) is 15.0. The fourth-order valence-corrected chi connectivity index (χ4v) is 4.39. The lowest BCUT2D eigenvalue weighted by atomic mass is 10.1. The Morgan fingerprint density at radius 2 is 2.03 bits per heavy atom. The van der Waals surface area contributed by atoms with Gasteiger partial charge in [-0.25, -0.2) is 14.4 Å². The van der Waals surface area contributed by atoms with Crippen molar-refractivity contribution < 1.29 is 9.50 Å². The van der Waals surface area contributed by atoms with Gasteiger partial charge in [-0.2, -0.15) is 0 Å². The smallest absolute Gasteiger partial charge is 0.191 e. The van der Waals surface area contributed by atoms with Gasteiger partial charge >= 0.3 is 0 Å². The number of aromatic nitrogens is 1. The molecule has 1 aliphatic rings. The highest BCUT2D eigenvalue weighted by molar-refractivity contribution is 14.0. The monoisotopic (exact) mass is 561 g/mol. The van der Waals surface area contributed by atoms with Crippen LogP contribution < -0.4 is 15.5 Å². The van der Waals surface area contributed by atoms with Gasteiger partial charge in [-0.1, -0.05) is 6.07 Å². The number of hydrogen-bond donors (Lipinski definition) is 3. The molecule has 1 fully saturated rings. The molecule has 172 valence electrons. The van der Waals surface area contributed by atoms with Crippen LogP contribution in [-0.4, -0.2) is 48.3 Å². The number of anilines is 1. The molecule has 0 unspecified atom stereocenters. The summed E-state index contributed by atoms with van der Waals surface area (Å²) >= 11 is 1.73. The summed E-state index contributed by atoms with van der Waals surface area (Å²) in [5, 5.41) is 17.3. The summed E-state index contributed by atoms with van der Waals surface area (Å²) in [6.07, 6.45) is 1.95. The first-order valence-corrected chi connectivity index (χ1v) is 11.4.